The maximum absolute atomic E-state index is 11.4. The molecular formula is C10H8Ca2F12O4. The van der Waals surface area contributed by atoms with Crippen molar-refractivity contribution >= 4 is 75.5 Å². The van der Waals surface area contributed by atoms with Crippen LogP contribution in [0, 0.1) is 0 Å². The van der Waals surface area contributed by atoms with Crippen LogP contribution in [0.15, 0.2) is 0 Å². The molecule has 0 spiro atoms. The van der Waals surface area contributed by atoms with Crippen LogP contribution in [-0.4, -0.2) is 125 Å². The van der Waals surface area contributed by atoms with Gasteiger partial charge in [0, 0.05) is 0 Å². The summed E-state index contributed by atoms with van der Waals surface area (Å²) in [5.74, 6) is 0. The molecule has 18 heteroatoms. The summed E-state index contributed by atoms with van der Waals surface area (Å²) in [7, 11) is 0. The third-order valence-corrected chi connectivity index (χ3v) is 2.32. The average Bonchev–Trinajstić information content (AvgIpc) is 2.34. The van der Waals surface area contributed by atoms with Crippen LogP contribution in [-0.2, 0) is 0 Å². The number of halogens is 12. The van der Waals surface area contributed by atoms with Gasteiger partial charge in [0.2, 0.25) is 0 Å². The molecule has 0 N–H and O–H groups in total. The van der Waals surface area contributed by atoms with Gasteiger partial charge in [0.25, 0.3) is 0 Å². The van der Waals surface area contributed by atoms with Crippen molar-refractivity contribution in [2.75, 3.05) is 0 Å². The molecule has 0 aromatic heterocycles. The molecule has 0 aliphatic heterocycles. The van der Waals surface area contributed by atoms with Crippen molar-refractivity contribution < 1.29 is 73.1 Å². The molecule has 0 saturated heterocycles. The molecule has 28 heavy (non-hydrogen) atoms. The molecule has 0 aromatic carbocycles. The van der Waals surface area contributed by atoms with Crippen LogP contribution in [0.2, 0.25) is 0 Å². The van der Waals surface area contributed by atoms with E-state index in [1.807, 2.05) is 0 Å². The molecule has 0 aliphatic carbocycles. The summed E-state index contributed by atoms with van der Waals surface area (Å²) >= 11 is 0. The summed E-state index contributed by atoms with van der Waals surface area (Å²) in [5.41, 5.74) is 0. The fourth-order valence-electron chi connectivity index (χ4n) is 0.923. The van der Waals surface area contributed by atoms with Crippen LogP contribution in [0.3, 0.4) is 0 Å². The van der Waals surface area contributed by atoms with Crippen molar-refractivity contribution in [2.24, 2.45) is 0 Å². The van der Waals surface area contributed by atoms with Gasteiger partial charge >= 0.3 is 100 Å². The second-order valence-electron chi connectivity index (χ2n) is 4.59. The first-order valence-corrected chi connectivity index (χ1v) is 6.00. The molecule has 0 fully saturated rings. The van der Waals surface area contributed by atoms with Crippen LogP contribution in [0.1, 0.15) is 12.8 Å². The number of alkyl halides is 12. The normalized spacial score (nSPS) is 17.1. The minimum absolute atomic E-state index is 0. The summed E-state index contributed by atoms with van der Waals surface area (Å²) in [5, 5.41) is 39.9. The first-order valence-electron chi connectivity index (χ1n) is 6.00. The molecule has 0 radical (unpaired) electrons. The zero-order valence-corrected chi connectivity index (χ0v) is 17.7. The van der Waals surface area contributed by atoms with E-state index in [-0.39, 0.29) is 75.5 Å². The summed E-state index contributed by atoms with van der Waals surface area (Å²) < 4.78 is 137. The predicted octanol–water partition coefficient (Wildman–Crippen LogP) is -0.844. The van der Waals surface area contributed by atoms with E-state index < -0.39 is 62.0 Å². The summed E-state index contributed by atoms with van der Waals surface area (Å²) in [6.45, 7) is 0. The SMILES string of the molecule is [Ca+2].[Ca+2].[O-]C(CC([O-])C(F)(F)F)C(F)(F)F.[O-]C(CC([O-])C(F)(F)F)C(F)(F)F. The Morgan fingerprint density at radius 1 is 0.393 bits per heavy atom. The number of hydrogen-bond acceptors (Lipinski definition) is 4. The van der Waals surface area contributed by atoms with Crippen LogP contribution in [0.4, 0.5) is 52.7 Å². The van der Waals surface area contributed by atoms with E-state index in [1.165, 1.54) is 0 Å². The Bertz CT molecular complexity index is 335. The quantitative estimate of drug-likeness (QED) is 0.372. The van der Waals surface area contributed by atoms with Crippen molar-refractivity contribution in [1.82, 2.24) is 0 Å². The molecule has 4 unspecified atom stereocenters. The molecule has 0 aromatic rings. The maximum Gasteiger partial charge on any atom is 2.00 e. The molecule has 0 amide bonds. The Morgan fingerprint density at radius 2 is 0.500 bits per heavy atom. The fourth-order valence-corrected chi connectivity index (χ4v) is 0.923. The van der Waals surface area contributed by atoms with Crippen molar-refractivity contribution in [2.45, 2.75) is 62.0 Å². The van der Waals surface area contributed by atoms with E-state index in [4.69, 9.17) is 0 Å². The van der Waals surface area contributed by atoms with Crippen LogP contribution in [0.5, 0.6) is 0 Å². The number of rotatable bonds is 4. The number of hydrogen-bond donors (Lipinski definition) is 0. The topological polar surface area (TPSA) is 92.2 Å². The third-order valence-electron chi connectivity index (χ3n) is 2.32. The molecule has 0 bridgehead atoms. The van der Waals surface area contributed by atoms with Gasteiger partial charge in [-0.2, -0.15) is 52.7 Å². The molecular weight excluding hydrogens is 492 g/mol. The van der Waals surface area contributed by atoms with Crippen LogP contribution < -0.4 is 20.4 Å². The minimum Gasteiger partial charge on any atom is -0.846 e. The molecule has 4 nitrogen and oxygen atoms in total. The molecule has 0 rings (SSSR count). The van der Waals surface area contributed by atoms with Gasteiger partial charge < -0.3 is 20.4 Å². The van der Waals surface area contributed by atoms with E-state index in [0.717, 1.165) is 0 Å². The van der Waals surface area contributed by atoms with Gasteiger partial charge in [0.05, 0.1) is 0 Å². The maximum atomic E-state index is 11.4. The van der Waals surface area contributed by atoms with Gasteiger partial charge in [-0.25, -0.2) is 0 Å². The van der Waals surface area contributed by atoms with E-state index in [9.17, 15) is 73.1 Å². The fraction of sp³-hybridized carbons (Fsp3) is 1.00. The Hall–Kier alpha value is 1.52. The van der Waals surface area contributed by atoms with E-state index in [1.54, 1.807) is 0 Å². The Balaban J connectivity index is -0.000000192. The summed E-state index contributed by atoms with van der Waals surface area (Å²) in [4.78, 5) is 0. The van der Waals surface area contributed by atoms with Crippen molar-refractivity contribution in [1.29, 1.82) is 0 Å². The third kappa shape index (κ3) is 17.2. The van der Waals surface area contributed by atoms with Gasteiger partial charge in [0.1, 0.15) is 0 Å². The van der Waals surface area contributed by atoms with Gasteiger partial charge in [-0.05, 0) is 24.4 Å². The van der Waals surface area contributed by atoms with Crippen LogP contribution in [0.25, 0.3) is 0 Å². The first-order chi connectivity index (χ1) is 11.1. The molecule has 0 heterocycles. The van der Waals surface area contributed by atoms with Gasteiger partial charge in [-0.1, -0.05) is 12.8 Å². The molecule has 4 atom stereocenters. The Labute approximate surface area is 208 Å². The second kappa shape index (κ2) is 13.8. The van der Waals surface area contributed by atoms with Gasteiger partial charge in [-0.15, -0.1) is 0 Å². The predicted molar refractivity (Wildman–Crippen MR) is 60.1 cm³/mol. The first kappa shape index (κ1) is 36.9. The summed E-state index contributed by atoms with van der Waals surface area (Å²) in [6, 6.07) is 0. The Kier molecular flexibility index (Phi) is 18.2. The van der Waals surface area contributed by atoms with Crippen molar-refractivity contribution in [3.05, 3.63) is 0 Å². The zero-order valence-electron chi connectivity index (χ0n) is 13.3. The molecule has 160 valence electrons. The smallest absolute Gasteiger partial charge is 0.846 e. The monoisotopic (exact) mass is 500 g/mol. The van der Waals surface area contributed by atoms with Crippen molar-refractivity contribution in [3.63, 3.8) is 0 Å². The minimum atomic E-state index is -5.30. The van der Waals surface area contributed by atoms with Crippen molar-refractivity contribution in [3.8, 4) is 0 Å². The van der Waals surface area contributed by atoms with Gasteiger partial charge in [0.15, 0.2) is 0 Å². The van der Waals surface area contributed by atoms with E-state index in [0.29, 0.717) is 0 Å². The van der Waals surface area contributed by atoms with Gasteiger partial charge in [-0.3, -0.25) is 0 Å². The second-order valence-corrected chi connectivity index (χ2v) is 4.59. The summed E-state index contributed by atoms with van der Waals surface area (Å²) in [6.07, 6.45) is -39.1. The van der Waals surface area contributed by atoms with E-state index >= 15 is 0 Å². The largest absolute Gasteiger partial charge is 2.00 e. The molecule has 0 saturated carbocycles. The zero-order chi connectivity index (χ0) is 21.7. The average molecular weight is 500 g/mol. The molecule has 0 aliphatic rings. The Morgan fingerprint density at radius 3 is 0.571 bits per heavy atom. The standard InChI is InChI=1S/2C5H4F6O2.2Ca/c2*6-4(7,8)2(12)1-3(13)5(9,10)11;;/h2*2-3H,1H2;;/q2*-2;2*+2. The van der Waals surface area contributed by atoms with E-state index in [2.05, 4.69) is 0 Å². The van der Waals surface area contributed by atoms with Crippen LogP contribution >= 0.6 is 0 Å².